The molecule has 1 aliphatic rings. The van der Waals surface area contributed by atoms with Crippen molar-refractivity contribution in [2.75, 3.05) is 31.0 Å². The molecule has 2 amide bonds. The summed E-state index contributed by atoms with van der Waals surface area (Å²) in [6.45, 7) is 0.536. The molecular weight excluding hydrogens is 398 g/mol. The topological polar surface area (TPSA) is 89.9 Å². The molecule has 0 atom stereocenters. The largest absolute Gasteiger partial charge is 0.497 e. The van der Waals surface area contributed by atoms with Crippen LogP contribution in [0.3, 0.4) is 0 Å². The standard InChI is InChI=1S/C23H23N3O5/c1-25-18-11-10-14(30-2)13-16(18)20(26-12-6-9-19(26)27)21(25)22(28)24-17-8-5-4-7-15(17)23(29)31-3/h4-5,7-8,10-11,13H,6,9,12H2,1-3H3,(H,24,28). The van der Waals surface area contributed by atoms with Gasteiger partial charge in [0, 0.05) is 25.4 Å². The first kappa shape index (κ1) is 20.5. The van der Waals surface area contributed by atoms with Crippen LogP contribution in [0.2, 0.25) is 0 Å². The SMILES string of the molecule is COC(=O)c1ccccc1NC(=O)c1c(N2CCCC2=O)c2cc(OC)ccc2n1C. The summed E-state index contributed by atoms with van der Waals surface area (Å²) in [5.74, 6) is -0.371. The van der Waals surface area contributed by atoms with Crippen molar-refractivity contribution >= 4 is 40.1 Å². The monoisotopic (exact) mass is 421 g/mol. The number of nitrogens with one attached hydrogen (secondary N) is 1. The number of methoxy groups -OCH3 is 2. The van der Waals surface area contributed by atoms with Crippen molar-refractivity contribution in [1.82, 2.24) is 4.57 Å². The number of rotatable bonds is 5. The number of nitrogens with zero attached hydrogens (tertiary/aromatic N) is 2. The molecule has 0 spiro atoms. The van der Waals surface area contributed by atoms with Crippen LogP contribution in [0.15, 0.2) is 42.5 Å². The Morgan fingerprint density at radius 3 is 2.55 bits per heavy atom. The number of aryl methyl sites for hydroxylation is 1. The third kappa shape index (κ3) is 3.50. The number of aromatic nitrogens is 1. The Balaban J connectivity index is 1.85. The summed E-state index contributed by atoms with van der Waals surface area (Å²) in [7, 11) is 4.64. The normalized spacial score (nSPS) is 13.5. The van der Waals surface area contributed by atoms with Crippen molar-refractivity contribution in [3.63, 3.8) is 0 Å². The molecule has 4 rings (SSSR count). The van der Waals surface area contributed by atoms with Crippen molar-refractivity contribution in [2.24, 2.45) is 7.05 Å². The fraction of sp³-hybridized carbons (Fsp3) is 0.261. The highest BCUT2D eigenvalue weighted by molar-refractivity contribution is 6.18. The van der Waals surface area contributed by atoms with Gasteiger partial charge >= 0.3 is 5.97 Å². The Bertz CT molecular complexity index is 1200. The molecule has 8 heteroatoms. The van der Waals surface area contributed by atoms with Crippen LogP contribution in [0.25, 0.3) is 10.9 Å². The third-order valence-electron chi connectivity index (χ3n) is 5.52. The molecule has 2 heterocycles. The molecule has 1 saturated heterocycles. The minimum atomic E-state index is -0.548. The van der Waals surface area contributed by atoms with Crippen molar-refractivity contribution in [1.29, 1.82) is 0 Å². The van der Waals surface area contributed by atoms with Gasteiger partial charge in [-0.2, -0.15) is 0 Å². The molecule has 8 nitrogen and oxygen atoms in total. The first-order valence-electron chi connectivity index (χ1n) is 9.91. The lowest BCUT2D eigenvalue weighted by Gasteiger charge is -2.18. The summed E-state index contributed by atoms with van der Waals surface area (Å²) < 4.78 is 11.9. The minimum absolute atomic E-state index is 0.0284. The third-order valence-corrected chi connectivity index (χ3v) is 5.52. The number of hydrogen-bond acceptors (Lipinski definition) is 5. The van der Waals surface area contributed by atoms with E-state index < -0.39 is 11.9 Å². The van der Waals surface area contributed by atoms with Gasteiger partial charge in [0.2, 0.25) is 5.91 Å². The van der Waals surface area contributed by atoms with Crippen molar-refractivity contribution in [3.8, 4) is 5.75 Å². The molecule has 160 valence electrons. The number of anilines is 2. The van der Waals surface area contributed by atoms with Crippen LogP contribution in [0, 0.1) is 0 Å². The molecule has 1 N–H and O–H groups in total. The molecule has 1 aliphatic heterocycles. The lowest BCUT2D eigenvalue weighted by atomic mass is 10.1. The van der Waals surface area contributed by atoms with Crippen LogP contribution >= 0.6 is 0 Å². The van der Waals surface area contributed by atoms with Gasteiger partial charge in [0.1, 0.15) is 11.4 Å². The maximum Gasteiger partial charge on any atom is 0.339 e. The van der Waals surface area contributed by atoms with Crippen LogP contribution < -0.4 is 15.0 Å². The molecule has 3 aromatic rings. The second-order valence-electron chi connectivity index (χ2n) is 7.28. The number of carbonyl (C=O) groups excluding carboxylic acids is 3. The number of fused-ring (bicyclic) bond motifs is 1. The average molecular weight is 421 g/mol. The second-order valence-corrected chi connectivity index (χ2v) is 7.28. The highest BCUT2D eigenvalue weighted by Gasteiger charge is 2.31. The van der Waals surface area contributed by atoms with Crippen LogP contribution in [0.5, 0.6) is 5.75 Å². The van der Waals surface area contributed by atoms with Gasteiger partial charge in [-0.25, -0.2) is 4.79 Å². The van der Waals surface area contributed by atoms with Gasteiger partial charge in [0.05, 0.1) is 36.7 Å². The summed E-state index contributed by atoms with van der Waals surface area (Å²) in [5.41, 5.74) is 2.26. The minimum Gasteiger partial charge on any atom is -0.497 e. The molecule has 31 heavy (non-hydrogen) atoms. The van der Waals surface area contributed by atoms with E-state index in [9.17, 15) is 14.4 Å². The van der Waals surface area contributed by atoms with E-state index in [1.54, 1.807) is 47.9 Å². The van der Waals surface area contributed by atoms with E-state index in [0.29, 0.717) is 35.8 Å². The van der Waals surface area contributed by atoms with Crippen LogP contribution in [0.4, 0.5) is 11.4 Å². The first-order chi connectivity index (χ1) is 15.0. The Kier molecular flexibility index (Phi) is 5.37. The Morgan fingerprint density at radius 2 is 1.87 bits per heavy atom. The van der Waals surface area contributed by atoms with Gasteiger partial charge in [-0.3, -0.25) is 9.59 Å². The van der Waals surface area contributed by atoms with E-state index in [-0.39, 0.29) is 11.5 Å². The van der Waals surface area contributed by atoms with Crippen LogP contribution in [-0.2, 0) is 16.6 Å². The molecule has 0 aliphatic carbocycles. The molecular formula is C23H23N3O5. The number of carbonyl (C=O) groups is 3. The van der Waals surface area contributed by atoms with Crippen LogP contribution in [0.1, 0.15) is 33.7 Å². The van der Waals surface area contributed by atoms with Crippen molar-refractivity contribution in [3.05, 3.63) is 53.7 Å². The number of esters is 1. The number of amides is 2. The van der Waals surface area contributed by atoms with Gasteiger partial charge in [-0.05, 0) is 36.8 Å². The average Bonchev–Trinajstić information content (AvgIpc) is 3.33. The quantitative estimate of drug-likeness (QED) is 0.638. The summed E-state index contributed by atoms with van der Waals surface area (Å²) in [4.78, 5) is 39.8. The zero-order valence-corrected chi connectivity index (χ0v) is 17.6. The fourth-order valence-corrected chi connectivity index (χ4v) is 4.01. The summed E-state index contributed by atoms with van der Waals surface area (Å²) in [5, 5.41) is 3.57. The Labute approximate surface area is 179 Å². The smallest absolute Gasteiger partial charge is 0.339 e. The van der Waals surface area contributed by atoms with Crippen molar-refractivity contribution < 1.29 is 23.9 Å². The van der Waals surface area contributed by atoms with E-state index in [1.807, 2.05) is 18.2 Å². The van der Waals surface area contributed by atoms with E-state index >= 15 is 0 Å². The second kappa shape index (κ2) is 8.14. The summed E-state index contributed by atoms with van der Waals surface area (Å²) in [6, 6.07) is 12.1. The van der Waals surface area contributed by atoms with Gasteiger partial charge in [-0.15, -0.1) is 0 Å². The Morgan fingerprint density at radius 1 is 1.10 bits per heavy atom. The maximum atomic E-state index is 13.5. The summed E-state index contributed by atoms with van der Waals surface area (Å²) >= 11 is 0. The predicted molar refractivity (Wildman–Crippen MR) is 117 cm³/mol. The molecule has 1 aromatic heterocycles. The zero-order chi connectivity index (χ0) is 22.1. The number of ether oxygens (including phenoxy) is 2. The molecule has 0 bridgehead atoms. The fourth-order valence-electron chi connectivity index (χ4n) is 4.01. The van der Waals surface area contributed by atoms with E-state index in [2.05, 4.69) is 5.32 Å². The van der Waals surface area contributed by atoms with E-state index in [4.69, 9.17) is 9.47 Å². The highest BCUT2D eigenvalue weighted by Crippen LogP contribution is 2.38. The van der Waals surface area contributed by atoms with E-state index in [1.165, 1.54) is 7.11 Å². The lowest BCUT2D eigenvalue weighted by Crippen LogP contribution is -2.27. The number of para-hydroxylation sites is 1. The Hall–Kier alpha value is -3.81. The predicted octanol–water partition coefficient (Wildman–Crippen LogP) is 3.35. The molecule has 2 aromatic carbocycles. The van der Waals surface area contributed by atoms with Crippen LogP contribution in [-0.4, -0.2) is 43.1 Å². The molecule has 1 fully saturated rings. The zero-order valence-electron chi connectivity index (χ0n) is 17.6. The van der Waals surface area contributed by atoms with Gasteiger partial charge < -0.3 is 24.3 Å². The molecule has 0 saturated carbocycles. The van der Waals surface area contributed by atoms with E-state index in [0.717, 1.165) is 17.3 Å². The number of benzene rings is 2. The maximum absolute atomic E-state index is 13.5. The number of hydrogen-bond donors (Lipinski definition) is 1. The lowest BCUT2D eigenvalue weighted by molar-refractivity contribution is -0.117. The molecule has 0 radical (unpaired) electrons. The van der Waals surface area contributed by atoms with Crippen molar-refractivity contribution in [2.45, 2.75) is 12.8 Å². The van der Waals surface area contributed by atoms with Gasteiger partial charge in [0.25, 0.3) is 5.91 Å². The highest BCUT2D eigenvalue weighted by atomic mass is 16.5. The van der Waals surface area contributed by atoms with Gasteiger partial charge in [0.15, 0.2) is 0 Å². The first-order valence-corrected chi connectivity index (χ1v) is 9.91. The summed E-state index contributed by atoms with van der Waals surface area (Å²) in [6.07, 6.45) is 1.16. The molecule has 0 unspecified atom stereocenters. The van der Waals surface area contributed by atoms with Gasteiger partial charge in [-0.1, -0.05) is 12.1 Å².